The van der Waals surface area contributed by atoms with Crippen molar-refractivity contribution in [3.63, 3.8) is 0 Å². The van der Waals surface area contributed by atoms with E-state index in [2.05, 4.69) is 10.2 Å². The van der Waals surface area contributed by atoms with Gasteiger partial charge >= 0.3 is 0 Å². The van der Waals surface area contributed by atoms with Crippen LogP contribution in [-0.4, -0.2) is 42.5 Å². The number of hydrogen-bond acceptors (Lipinski definition) is 3. The minimum absolute atomic E-state index is 0.130. The smallest absolute Gasteiger partial charge is 0.220 e. The highest BCUT2D eigenvalue weighted by Crippen LogP contribution is 2.07. The second kappa shape index (κ2) is 6.97. The summed E-state index contributed by atoms with van der Waals surface area (Å²) in [6.45, 7) is 8.27. The molecule has 0 saturated carbocycles. The Morgan fingerprint density at radius 2 is 2.00 bits per heavy atom. The van der Waals surface area contributed by atoms with Crippen molar-refractivity contribution in [3.05, 3.63) is 0 Å². The predicted octanol–water partition coefficient (Wildman–Crippen LogP) is 1.11. The molecule has 4 heteroatoms. The Labute approximate surface area is 105 Å². The molecule has 0 aromatic rings. The van der Waals surface area contributed by atoms with E-state index in [1.54, 1.807) is 0 Å². The molecule has 0 aromatic carbocycles. The molecule has 1 rings (SSSR count). The molecule has 0 spiro atoms. The van der Waals surface area contributed by atoms with Gasteiger partial charge in [-0.3, -0.25) is 4.79 Å². The van der Waals surface area contributed by atoms with Crippen molar-refractivity contribution in [3.8, 4) is 0 Å². The first-order valence-corrected chi connectivity index (χ1v) is 6.75. The zero-order chi connectivity index (χ0) is 12.7. The van der Waals surface area contributed by atoms with E-state index < -0.39 is 0 Å². The van der Waals surface area contributed by atoms with Crippen molar-refractivity contribution in [1.29, 1.82) is 0 Å². The van der Waals surface area contributed by atoms with Crippen LogP contribution in [-0.2, 0) is 4.79 Å². The van der Waals surface area contributed by atoms with Crippen LogP contribution in [0.3, 0.4) is 0 Å². The zero-order valence-electron chi connectivity index (χ0n) is 11.3. The summed E-state index contributed by atoms with van der Waals surface area (Å²) in [6, 6.07) is 0. The average molecular weight is 241 g/mol. The van der Waals surface area contributed by atoms with Gasteiger partial charge in [0.05, 0.1) is 0 Å². The van der Waals surface area contributed by atoms with Crippen molar-refractivity contribution in [2.45, 2.75) is 51.5 Å². The number of nitrogens with one attached hydrogen (secondary N) is 1. The molecule has 1 heterocycles. The number of nitrogens with two attached hydrogens (primary N) is 1. The maximum Gasteiger partial charge on any atom is 0.220 e. The number of amides is 1. The lowest BCUT2D eigenvalue weighted by Crippen LogP contribution is -2.35. The first kappa shape index (κ1) is 14.5. The van der Waals surface area contributed by atoms with Gasteiger partial charge in [-0.05, 0) is 59.2 Å². The van der Waals surface area contributed by atoms with E-state index >= 15 is 0 Å². The van der Waals surface area contributed by atoms with Gasteiger partial charge in [-0.1, -0.05) is 0 Å². The molecule has 1 fully saturated rings. The van der Waals surface area contributed by atoms with Crippen LogP contribution in [0.2, 0.25) is 0 Å². The van der Waals surface area contributed by atoms with Gasteiger partial charge in [-0.15, -0.1) is 0 Å². The maximum absolute atomic E-state index is 11.5. The topological polar surface area (TPSA) is 58.4 Å². The third kappa shape index (κ3) is 7.34. The number of nitrogens with zero attached hydrogens (tertiary/aromatic N) is 1. The Kier molecular flexibility index (Phi) is 5.92. The third-order valence-corrected chi connectivity index (χ3v) is 3.17. The quantitative estimate of drug-likeness (QED) is 0.656. The predicted molar refractivity (Wildman–Crippen MR) is 70.8 cm³/mol. The van der Waals surface area contributed by atoms with Gasteiger partial charge in [0, 0.05) is 18.5 Å². The van der Waals surface area contributed by atoms with Crippen molar-refractivity contribution in [2.24, 2.45) is 5.73 Å². The van der Waals surface area contributed by atoms with E-state index in [4.69, 9.17) is 5.73 Å². The Morgan fingerprint density at radius 3 is 2.59 bits per heavy atom. The van der Waals surface area contributed by atoms with Crippen molar-refractivity contribution in [2.75, 3.05) is 26.2 Å². The summed E-state index contributed by atoms with van der Waals surface area (Å²) in [7, 11) is 0. The normalized spacial score (nSPS) is 17.4. The van der Waals surface area contributed by atoms with Crippen LogP contribution in [0.4, 0.5) is 0 Å². The summed E-state index contributed by atoms with van der Waals surface area (Å²) >= 11 is 0. The highest BCUT2D eigenvalue weighted by Gasteiger charge is 2.13. The Morgan fingerprint density at radius 1 is 1.35 bits per heavy atom. The number of likely N-dealkylation sites (tertiary alicyclic amines) is 1. The summed E-state index contributed by atoms with van der Waals surface area (Å²) < 4.78 is 0. The van der Waals surface area contributed by atoms with Crippen LogP contribution in [0.1, 0.15) is 46.0 Å². The Hall–Kier alpha value is -0.610. The molecule has 1 aliphatic rings. The Balaban J connectivity index is 1.96. The van der Waals surface area contributed by atoms with Gasteiger partial charge < -0.3 is 16.0 Å². The maximum atomic E-state index is 11.5. The monoisotopic (exact) mass is 241 g/mol. The van der Waals surface area contributed by atoms with Gasteiger partial charge in [0.1, 0.15) is 0 Å². The van der Waals surface area contributed by atoms with Crippen LogP contribution in [0.25, 0.3) is 0 Å². The molecule has 0 atom stereocenters. The molecule has 0 aliphatic carbocycles. The zero-order valence-corrected chi connectivity index (χ0v) is 11.3. The molecule has 17 heavy (non-hydrogen) atoms. The molecule has 1 amide bonds. The molecule has 100 valence electrons. The van der Waals surface area contributed by atoms with Gasteiger partial charge in [0.2, 0.25) is 5.91 Å². The summed E-state index contributed by atoms with van der Waals surface area (Å²) in [5.74, 6) is 0.130. The molecule has 0 aromatic heterocycles. The fourth-order valence-corrected chi connectivity index (χ4v) is 2.06. The lowest BCUT2D eigenvalue weighted by atomic mass is 10.00. The van der Waals surface area contributed by atoms with Crippen molar-refractivity contribution < 1.29 is 4.79 Å². The van der Waals surface area contributed by atoms with Crippen molar-refractivity contribution >= 4 is 5.91 Å². The molecule has 1 aliphatic heterocycles. The van der Waals surface area contributed by atoms with Gasteiger partial charge in [0.15, 0.2) is 0 Å². The second-order valence-electron chi connectivity index (χ2n) is 5.74. The molecule has 0 unspecified atom stereocenters. The first-order chi connectivity index (χ1) is 7.97. The number of carbonyl (C=O) groups excluding carboxylic acids is 1. The third-order valence-electron chi connectivity index (χ3n) is 3.17. The summed E-state index contributed by atoms with van der Waals surface area (Å²) in [5, 5.41) is 2.96. The lowest BCUT2D eigenvalue weighted by molar-refractivity contribution is -0.121. The molecular formula is C13H27N3O. The highest BCUT2D eigenvalue weighted by atomic mass is 16.1. The van der Waals surface area contributed by atoms with Crippen LogP contribution in [0, 0.1) is 0 Å². The van der Waals surface area contributed by atoms with Gasteiger partial charge in [-0.2, -0.15) is 0 Å². The molecule has 1 saturated heterocycles. The minimum Gasteiger partial charge on any atom is -0.356 e. The number of carbonyl (C=O) groups is 1. The summed E-state index contributed by atoms with van der Waals surface area (Å²) in [4.78, 5) is 14.0. The Bertz CT molecular complexity index is 229. The van der Waals surface area contributed by atoms with Gasteiger partial charge in [0.25, 0.3) is 0 Å². The van der Waals surface area contributed by atoms with Crippen molar-refractivity contribution in [1.82, 2.24) is 10.2 Å². The largest absolute Gasteiger partial charge is 0.356 e. The number of hydrogen-bond donors (Lipinski definition) is 2. The first-order valence-electron chi connectivity index (χ1n) is 6.75. The molecule has 3 N–H and O–H groups in total. The fourth-order valence-electron chi connectivity index (χ4n) is 2.06. The van der Waals surface area contributed by atoms with Gasteiger partial charge in [-0.25, -0.2) is 0 Å². The fraction of sp³-hybridized carbons (Fsp3) is 0.923. The molecular weight excluding hydrogens is 214 g/mol. The summed E-state index contributed by atoms with van der Waals surface area (Å²) in [5.41, 5.74) is 5.59. The highest BCUT2D eigenvalue weighted by molar-refractivity contribution is 5.75. The van der Waals surface area contributed by atoms with E-state index in [0.717, 1.165) is 25.9 Å². The SMILES string of the molecule is CC(C)(N)CCC(=O)NCCCN1CCCC1. The average Bonchev–Trinajstić information content (AvgIpc) is 2.73. The number of rotatable bonds is 7. The van der Waals surface area contributed by atoms with Crippen LogP contribution in [0.15, 0.2) is 0 Å². The van der Waals surface area contributed by atoms with Crippen LogP contribution >= 0.6 is 0 Å². The molecule has 0 bridgehead atoms. The molecule has 0 radical (unpaired) electrons. The van der Waals surface area contributed by atoms with Crippen LogP contribution in [0.5, 0.6) is 0 Å². The lowest BCUT2D eigenvalue weighted by Gasteiger charge is -2.18. The van der Waals surface area contributed by atoms with E-state index in [1.165, 1.54) is 25.9 Å². The standard InChI is InChI=1S/C13H27N3O/c1-13(2,14)7-6-12(17)15-8-5-11-16-9-3-4-10-16/h3-11,14H2,1-2H3,(H,15,17). The van der Waals surface area contributed by atoms with E-state index in [0.29, 0.717) is 6.42 Å². The van der Waals surface area contributed by atoms with E-state index in [-0.39, 0.29) is 11.4 Å². The minimum atomic E-state index is -0.243. The van der Waals surface area contributed by atoms with Crippen LogP contribution < -0.4 is 11.1 Å². The molecule has 4 nitrogen and oxygen atoms in total. The second-order valence-corrected chi connectivity index (χ2v) is 5.74. The van der Waals surface area contributed by atoms with E-state index in [1.807, 2.05) is 13.8 Å². The van der Waals surface area contributed by atoms with E-state index in [9.17, 15) is 4.79 Å². The summed E-state index contributed by atoms with van der Waals surface area (Å²) in [6.07, 6.45) is 4.99.